The molecule has 1 aromatic heterocycles. The first kappa shape index (κ1) is 9.87. The van der Waals surface area contributed by atoms with Gasteiger partial charge in [-0.2, -0.15) is 0 Å². The van der Waals surface area contributed by atoms with Gasteiger partial charge in [-0.3, -0.25) is 0 Å². The summed E-state index contributed by atoms with van der Waals surface area (Å²) >= 11 is 0. The van der Waals surface area contributed by atoms with Gasteiger partial charge in [-0.1, -0.05) is 0 Å². The summed E-state index contributed by atoms with van der Waals surface area (Å²) in [4.78, 5) is 9.03. The second-order valence-electron chi connectivity index (χ2n) is 3.90. The third-order valence-electron chi connectivity index (χ3n) is 2.77. The minimum Gasteiger partial charge on any atom is -0.312 e. The van der Waals surface area contributed by atoms with Crippen molar-refractivity contribution in [2.45, 2.75) is 31.7 Å². The summed E-state index contributed by atoms with van der Waals surface area (Å²) in [6, 6.07) is 0. The molecule has 1 N–H and O–H groups in total. The van der Waals surface area contributed by atoms with E-state index in [9.17, 15) is 0 Å². The fraction of sp³-hybridized carbons (Fsp3) is 0.600. The third-order valence-corrected chi connectivity index (χ3v) is 2.77. The van der Waals surface area contributed by atoms with Gasteiger partial charge >= 0.3 is 0 Å². The first-order valence-corrected chi connectivity index (χ1v) is 4.99. The summed E-state index contributed by atoms with van der Waals surface area (Å²) < 4.78 is 0. The van der Waals surface area contributed by atoms with Crippen LogP contribution in [0.5, 0.6) is 0 Å². The van der Waals surface area contributed by atoms with Crippen LogP contribution in [0, 0.1) is 0 Å². The van der Waals surface area contributed by atoms with Crippen molar-refractivity contribution >= 4 is 12.4 Å². The van der Waals surface area contributed by atoms with Crippen molar-refractivity contribution in [2.24, 2.45) is 0 Å². The Morgan fingerprint density at radius 3 is 3.00 bits per heavy atom. The van der Waals surface area contributed by atoms with E-state index < -0.39 is 0 Å². The molecular weight excluding hydrogens is 198 g/mol. The van der Waals surface area contributed by atoms with E-state index in [0.717, 1.165) is 25.3 Å². The lowest BCUT2D eigenvalue weighted by atomic mass is 10.1. The van der Waals surface area contributed by atoms with E-state index in [1.807, 2.05) is 6.20 Å². The van der Waals surface area contributed by atoms with Crippen molar-refractivity contribution in [1.82, 2.24) is 15.3 Å². The Morgan fingerprint density at radius 1 is 1.36 bits per heavy atom. The summed E-state index contributed by atoms with van der Waals surface area (Å²) in [5.41, 5.74) is 2.56. The standard InChI is InChI=1S/C10H13N3.ClH/c1-2-7(1)10-12-6-8-5-11-4-3-9(8)13-10;/h6-7,11H,1-5H2;1H. The van der Waals surface area contributed by atoms with Gasteiger partial charge in [0.1, 0.15) is 5.82 Å². The molecule has 0 amide bonds. The Bertz CT molecular complexity index is 336. The Labute approximate surface area is 89.8 Å². The largest absolute Gasteiger partial charge is 0.312 e. The topological polar surface area (TPSA) is 37.8 Å². The van der Waals surface area contributed by atoms with E-state index in [1.54, 1.807) is 0 Å². The molecule has 2 heterocycles. The number of halogens is 1. The first-order valence-electron chi connectivity index (χ1n) is 4.99. The summed E-state index contributed by atoms with van der Waals surface area (Å²) in [6.45, 7) is 2.01. The quantitative estimate of drug-likeness (QED) is 0.764. The highest BCUT2D eigenvalue weighted by Crippen LogP contribution is 2.38. The van der Waals surface area contributed by atoms with E-state index in [2.05, 4.69) is 15.3 Å². The molecule has 3 nitrogen and oxygen atoms in total. The van der Waals surface area contributed by atoms with Crippen LogP contribution in [-0.4, -0.2) is 16.5 Å². The Kier molecular flexibility index (Phi) is 2.70. The van der Waals surface area contributed by atoms with Crippen molar-refractivity contribution < 1.29 is 0 Å². The lowest BCUT2D eigenvalue weighted by molar-refractivity contribution is 0.620. The third kappa shape index (κ3) is 1.74. The Balaban J connectivity index is 0.000000750. The van der Waals surface area contributed by atoms with Crippen molar-refractivity contribution in [1.29, 1.82) is 0 Å². The van der Waals surface area contributed by atoms with E-state index in [0.29, 0.717) is 5.92 Å². The van der Waals surface area contributed by atoms with Crippen LogP contribution in [-0.2, 0) is 13.0 Å². The highest BCUT2D eigenvalue weighted by molar-refractivity contribution is 5.85. The number of hydrogen-bond acceptors (Lipinski definition) is 3. The fourth-order valence-corrected chi connectivity index (χ4v) is 1.79. The van der Waals surface area contributed by atoms with Crippen molar-refractivity contribution in [3.63, 3.8) is 0 Å². The molecule has 76 valence electrons. The molecule has 0 unspecified atom stereocenters. The van der Waals surface area contributed by atoms with Crippen LogP contribution in [0.3, 0.4) is 0 Å². The number of nitrogens with one attached hydrogen (secondary N) is 1. The van der Waals surface area contributed by atoms with Crippen LogP contribution in [0.25, 0.3) is 0 Å². The van der Waals surface area contributed by atoms with Crippen molar-refractivity contribution in [3.8, 4) is 0 Å². The molecule has 1 saturated carbocycles. The summed E-state index contributed by atoms with van der Waals surface area (Å²) in [6.07, 6.45) is 5.65. The molecule has 2 aliphatic rings. The molecule has 1 fully saturated rings. The highest BCUT2D eigenvalue weighted by Gasteiger charge is 2.27. The predicted octanol–water partition coefficient (Wildman–Crippen LogP) is 1.42. The lowest BCUT2D eigenvalue weighted by Gasteiger charge is -2.15. The second-order valence-corrected chi connectivity index (χ2v) is 3.90. The zero-order valence-electron chi connectivity index (χ0n) is 7.99. The van der Waals surface area contributed by atoms with Crippen LogP contribution in [0.1, 0.15) is 35.8 Å². The van der Waals surface area contributed by atoms with Gasteiger partial charge in [0.2, 0.25) is 0 Å². The number of fused-ring (bicyclic) bond motifs is 1. The first-order chi connectivity index (χ1) is 6.43. The maximum absolute atomic E-state index is 4.62. The van der Waals surface area contributed by atoms with Gasteiger partial charge < -0.3 is 5.32 Å². The lowest BCUT2D eigenvalue weighted by Crippen LogP contribution is -2.25. The Morgan fingerprint density at radius 2 is 2.21 bits per heavy atom. The molecule has 1 aliphatic heterocycles. The van der Waals surface area contributed by atoms with Crippen LogP contribution < -0.4 is 5.32 Å². The average Bonchev–Trinajstić information content (AvgIpc) is 3.00. The van der Waals surface area contributed by atoms with Crippen molar-refractivity contribution in [3.05, 3.63) is 23.3 Å². The summed E-state index contributed by atoms with van der Waals surface area (Å²) in [5.74, 6) is 1.76. The molecule has 0 saturated heterocycles. The smallest absolute Gasteiger partial charge is 0.131 e. The molecule has 0 spiro atoms. The van der Waals surface area contributed by atoms with Gasteiger partial charge in [0.15, 0.2) is 0 Å². The second kappa shape index (κ2) is 3.83. The summed E-state index contributed by atoms with van der Waals surface area (Å²) in [7, 11) is 0. The monoisotopic (exact) mass is 211 g/mol. The van der Waals surface area contributed by atoms with Gasteiger partial charge in [0.05, 0.1) is 0 Å². The van der Waals surface area contributed by atoms with Gasteiger partial charge in [-0.05, 0) is 12.8 Å². The van der Waals surface area contributed by atoms with Gasteiger partial charge in [-0.25, -0.2) is 9.97 Å². The van der Waals surface area contributed by atoms with E-state index >= 15 is 0 Å². The number of rotatable bonds is 1. The van der Waals surface area contributed by atoms with Gasteiger partial charge in [-0.15, -0.1) is 12.4 Å². The minimum atomic E-state index is 0. The molecule has 1 aromatic rings. The van der Waals surface area contributed by atoms with Crippen molar-refractivity contribution in [2.75, 3.05) is 6.54 Å². The molecule has 3 rings (SSSR count). The van der Waals surface area contributed by atoms with E-state index in [4.69, 9.17) is 0 Å². The predicted molar refractivity (Wildman–Crippen MR) is 56.7 cm³/mol. The molecule has 0 aromatic carbocycles. The minimum absolute atomic E-state index is 0. The number of nitrogens with zero attached hydrogens (tertiary/aromatic N) is 2. The van der Waals surface area contributed by atoms with Gasteiger partial charge in [0, 0.05) is 42.9 Å². The number of hydrogen-bond donors (Lipinski definition) is 1. The number of aromatic nitrogens is 2. The fourth-order valence-electron chi connectivity index (χ4n) is 1.79. The molecule has 1 aliphatic carbocycles. The van der Waals surface area contributed by atoms with E-state index in [-0.39, 0.29) is 12.4 Å². The maximum atomic E-state index is 4.62. The molecular formula is C10H14ClN3. The normalized spacial score (nSPS) is 19.7. The maximum Gasteiger partial charge on any atom is 0.131 e. The SMILES string of the molecule is Cl.c1nc(C2CC2)nc2c1CNCC2. The molecule has 0 atom stereocenters. The van der Waals surface area contributed by atoms with Gasteiger partial charge in [0.25, 0.3) is 0 Å². The van der Waals surface area contributed by atoms with Crippen LogP contribution in [0.15, 0.2) is 6.20 Å². The zero-order valence-corrected chi connectivity index (χ0v) is 8.81. The molecule has 4 heteroatoms. The van der Waals surface area contributed by atoms with Crippen LogP contribution >= 0.6 is 12.4 Å². The van der Waals surface area contributed by atoms with E-state index in [1.165, 1.54) is 24.1 Å². The zero-order chi connectivity index (χ0) is 8.67. The Hall–Kier alpha value is -0.670. The van der Waals surface area contributed by atoms with Crippen LogP contribution in [0.4, 0.5) is 0 Å². The summed E-state index contributed by atoms with van der Waals surface area (Å²) in [5, 5.41) is 3.33. The molecule has 0 bridgehead atoms. The molecule has 14 heavy (non-hydrogen) atoms. The van der Waals surface area contributed by atoms with Crippen LogP contribution in [0.2, 0.25) is 0 Å². The average molecular weight is 212 g/mol. The highest BCUT2D eigenvalue weighted by atomic mass is 35.5. The molecule has 0 radical (unpaired) electrons.